The van der Waals surface area contributed by atoms with Crippen molar-refractivity contribution >= 4 is 34.3 Å². The minimum absolute atomic E-state index is 0.308. The van der Waals surface area contributed by atoms with Crippen LogP contribution < -0.4 is 0 Å². The van der Waals surface area contributed by atoms with Gasteiger partial charge in [0.15, 0.2) is 5.17 Å². The maximum Gasteiger partial charge on any atom is 0.338 e. The van der Waals surface area contributed by atoms with Gasteiger partial charge in [-0.15, -0.1) is 0 Å². The molecular weight excluding hydrogens is 488 g/mol. The van der Waals surface area contributed by atoms with Crippen LogP contribution in [0.1, 0.15) is 73.2 Å². The fourth-order valence-corrected chi connectivity index (χ4v) is 6.75. The zero-order chi connectivity index (χ0) is 25.9. The van der Waals surface area contributed by atoms with Gasteiger partial charge in [0.2, 0.25) is 0 Å². The van der Waals surface area contributed by atoms with Crippen LogP contribution in [0, 0.1) is 0 Å². The van der Waals surface area contributed by atoms with E-state index in [1.807, 2.05) is 55.5 Å². The van der Waals surface area contributed by atoms with Crippen molar-refractivity contribution in [3.05, 3.63) is 118 Å². The lowest BCUT2D eigenvalue weighted by molar-refractivity contribution is -0.139. The summed E-state index contributed by atoms with van der Waals surface area (Å²) < 4.78 is 5.64. The lowest BCUT2D eigenvalue weighted by Crippen LogP contribution is -2.36. The molecule has 3 aliphatic rings. The quantitative estimate of drug-likeness (QED) is 0.308. The molecule has 0 saturated heterocycles. The lowest BCUT2D eigenvalue weighted by atomic mass is 9.84. The van der Waals surface area contributed by atoms with Gasteiger partial charge in [0.1, 0.15) is 0 Å². The standard InChI is InChI=1S/C33H32N2O2S/c1-2-37-32(36)29-30(26-14-8-4-9-15-26)34-33-35(31(29)27-16-10-5-11-17-27)28(22-38-33)25-20-18-24(19-21-25)23-12-6-3-7-13-23/h4-5,8-11,14-23,31H,2-3,6-7,12-13H2,1H3/t31-/m0/s1. The van der Waals surface area contributed by atoms with E-state index in [9.17, 15) is 4.79 Å². The van der Waals surface area contributed by atoms with Crippen molar-refractivity contribution in [1.29, 1.82) is 0 Å². The molecule has 38 heavy (non-hydrogen) atoms. The zero-order valence-electron chi connectivity index (χ0n) is 21.7. The first kappa shape index (κ1) is 24.7. The number of aliphatic imine (C=N–C) groups is 1. The minimum Gasteiger partial charge on any atom is -0.463 e. The number of hydrogen-bond acceptors (Lipinski definition) is 5. The maximum absolute atomic E-state index is 13.6. The minimum atomic E-state index is -0.350. The van der Waals surface area contributed by atoms with E-state index in [0.29, 0.717) is 23.8 Å². The molecule has 1 atom stereocenters. The second-order valence-electron chi connectivity index (χ2n) is 10.0. The fraction of sp³-hybridized carbons (Fsp3) is 0.273. The molecule has 1 saturated carbocycles. The third kappa shape index (κ3) is 4.71. The molecule has 2 aliphatic heterocycles. The Morgan fingerprint density at radius 3 is 2.24 bits per heavy atom. The Labute approximate surface area is 229 Å². The van der Waals surface area contributed by atoms with Gasteiger partial charge in [-0.2, -0.15) is 0 Å². The van der Waals surface area contributed by atoms with Crippen LogP contribution in [0.5, 0.6) is 0 Å². The summed E-state index contributed by atoms with van der Waals surface area (Å²) in [6.07, 6.45) is 6.58. The Kier molecular flexibility index (Phi) is 7.19. The van der Waals surface area contributed by atoms with Crippen molar-refractivity contribution in [2.24, 2.45) is 4.99 Å². The molecule has 5 heteroatoms. The van der Waals surface area contributed by atoms with Gasteiger partial charge in [-0.1, -0.05) is 116 Å². The second-order valence-corrected chi connectivity index (χ2v) is 10.8. The molecule has 0 N–H and O–H groups in total. The van der Waals surface area contributed by atoms with Crippen LogP contribution >= 0.6 is 11.8 Å². The molecule has 1 fully saturated rings. The molecule has 3 aromatic rings. The van der Waals surface area contributed by atoms with Gasteiger partial charge in [-0.3, -0.25) is 0 Å². The lowest BCUT2D eigenvalue weighted by Gasteiger charge is -2.37. The molecule has 3 aromatic carbocycles. The smallest absolute Gasteiger partial charge is 0.338 e. The number of fused-ring (bicyclic) bond motifs is 1. The van der Waals surface area contributed by atoms with Crippen LogP contribution in [0.15, 0.2) is 101 Å². The van der Waals surface area contributed by atoms with Crippen LogP contribution in [0.2, 0.25) is 0 Å². The van der Waals surface area contributed by atoms with E-state index in [4.69, 9.17) is 9.73 Å². The van der Waals surface area contributed by atoms with Crippen molar-refractivity contribution in [1.82, 2.24) is 4.90 Å². The van der Waals surface area contributed by atoms with Gasteiger partial charge in [0.05, 0.1) is 29.6 Å². The van der Waals surface area contributed by atoms with E-state index in [-0.39, 0.29) is 12.0 Å². The molecule has 192 valence electrons. The molecule has 0 unspecified atom stereocenters. The van der Waals surface area contributed by atoms with Crippen molar-refractivity contribution < 1.29 is 9.53 Å². The Balaban J connectivity index is 1.44. The van der Waals surface area contributed by atoms with Gasteiger partial charge < -0.3 is 9.64 Å². The third-order valence-electron chi connectivity index (χ3n) is 7.68. The second kappa shape index (κ2) is 11.0. The van der Waals surface area contributed by atoms with Gasteiger partial charge in [-0.05, 0) is 42.4 Å². The summed E-state index contributed by atoms with van der Waals surface area (Å²) in [4.78, 5) is 20.9. The van der Waals surface area contributed by atoms with Crippen LogP contribution in [-0.4, -0.2) is 22.6 Å². The van der Waals surface area contributed by atoms with E-state index in [1.165, 1.54) is 37.7 Å². The molecule has 4 nitrogen and oxygen atoms in total. The van der Waals surface area contributed by atoms with E-state index in [1.54, 1.807) is 11.8 Å². The third-order valence-corrected chi connectivity index (χ3v) is 8.52. The number of thioether (sulfide) groups is 1. The molecule has 6 rings (SSSR count). The molecular formula is C33H32N2O2S. The topological polar surface area (TPSA) is 41.9 Å². The first-order valence-corrected chi connectivity index (χ1v) is 14.5. The largest absolute Gasteiger partial charge is 0.463 e. The van der Waals surface area contributed by atoms with Crippen LogP contribution in [0.4, 0.5) is 0 Å². The van der Waals surface area contributed by atoms with E-state index < -0.39 is 0 Å². The Hall–Kier alpha value is -3.57. The highest BCUT2D eigenvalue weighted by Crippen LogP contribution is 2.49. The molecule has 0 radical (unpaired) electrons. The number of nitrogens with zero attached hydrogens (tertiary/aromatic N) is 2. The first-order chi connectivity index (χ1) is 18.7. The van der Waals surface area contributed by atoms with Gasteiger partial charge in [0.25, 0.3) is 0 Å². The molecule has 2 heterocycles. The van der Waals surface area contributed by atoms with Gasteiger partial charge >= 0.3 is 5.97 Å². The average molecular weight is 521 g/mol. The summed E-state index contributed by atoms with van der Waals surface area (Å²) >= 11 is 1.61. The summed E-state index contributed by atoms with van der Waals surface area (Å²) in [6, 6.07) is 28.9. The molecule has 0 aromatic heterocycles. The predicted molar refractivity (Wildman–Crippen MR) is 156 cm³/mol. The number of benzene rings is 3. The molecule has 0 bridgehead atoms. The number of carbonyl (C=O) groups is 1. The highest BCUT2D eigenvalue weighted by atomic mass is 32.2. The Morgan fingerprint density at radius 1 is 0.868 bits per heavy atom. The normalized spacial score (nSPS) is 19.6. The van der Waals surface area contributed by atoms with Gasteiger partial charge in [0, 0.05) is 11.0 Å². The summed E-state index contributed by atoms with van der Waals surface area (Å²) in [7, 11) is 0. The SMILES string of the molecule is CCOC(=O)C1=C(c2ccccc2)N=C2SC=C(c3ccc(C4CCCCC4)cc3)N2[C@H]1c1ccccc1. The number of esters is 1. The number of ether oxygens (including phenoxy) is 1. The monoisotopic (exact) mass is 520 g/mol. The highest BCUT2D eigenvalue weighted by Gasteiger charge is 2.42. The molecule has 0 spiro atoms. The number of rotatable bonds is 6. The molecule has 1 aliphatic carbocycles. The first-order valence-electron chi connectivity index (χ1n) is 13.6. The average Bonchev–Trinajstić information content (AvgIpc) is 3.41. The van der Waals surface area contributed by atoms with E-state index >= 15 is 0 Å². The Bertz CT molecular complexity index is 1390. The number of hydrogen-bond donors (Lipinski definition) is 0. The summed E-state index contributed by atoms with van der Waals surface area (Å²) in [5.41, 5.74) is 6.82. The summed E-state index contributed by atoms with van der Waals surface area (Å²) in [5, 5.41) is 3.04. The van der Waals surface area contributed by atoms with Crippen LogP contribution in [-0.2, 0) is 9.53 Å². The van der Waals surface area contributed by atoms with E-state index in [2.05, 4.69) is 46.7 Å². The molecule has 0 amide bonds. The Morgan fingerprint density at radius 2 is 1.55 bits per heavy atom. The van der Waals surface area contributed by atoms with Crippen LogP contribution in [0.25, 0.3) is 11.4 Å². The highest BCUT2D eigenvalue weighted by molar-refractivity contribution is 8.16. The van der Waals surface area contributed by atoms with Crippen molar-refractivity contribution in [2.75, 3.05) is 6.61 Å². The van der Waals surface area contributed by atoms with Crippen molar-refractivity contribution in [3.63, 3.8) is 0 Å². The summed E-state index contributed by atoms with van der Waals surface area (Å²) in [6.45, 7) is 2.16. The van der Waals surface area contributed by atoms with E-state index in [0.717, 1.165) is 27.6 Å². The fourth-order valence-electron chi connectivity index (χ4n) is 5.82. The predicted octanol–water partition coefficient (Wildman–Crippen LogP) is 8.17. The zero-order valence-corrected chi connectivity index (χ0v) is 22.5. The maximum atomic E-state index is 13.6. The number of amidine groups is 1. The van der Waals surface area contributed by atoms with Crippen LogP contribution in [0.3, 0.4) is 0 Å². The van der Waals surface area contributed by atoms with Crippen molar-refractivity contribution in [2.45, 2.75) is 51.0 Å². The number of carbonyl (C=O) groups excluding carboxylic acids is 1. The van der Waals surface area contributed by atoms with Crippen molar-refractivity contribution in [3.8, 4) is 0 Å². The van der Waals surface area contributed by atoms with Gasteiger partial charge in [-0.25, -0.2) is 9.79 Å². The summed E-state index contributed by atoms with van der Waals surface area (Å²) in [5.74, 6) is 0.340.